The largest absolute Gasteiger partial charge is 0.459 e. The Morgan fingerprint density at radius 3 is 1.38 bits per heavy atom. The molecular formula is C51H92O5. The molecule has 0 bridgehead atoms. The van der Waals surface area contributed by atoms with Crippen LogP contribution < -0.4 is 0 Å². The third kappa shape index (κ3) is 32.9. The molecule has 0 aliphatic heterocycles. The normalized spacial score (nSPS) is 17.3. The summed E-state index contributed by atoms with van der Waals surface area (Å²) in [5, 5.41) is 0. The van der Waals surface area contributed by atoms with E-state index in [4.69, 9.17) is 9.47 Å². The molecular weight excluding hydrogens is 693 g/mol. The van der Waals surface area contributed by atoms with Crippen LogP contribution in [0.1, 0.15) is 241 Å². The predicted octanol–water partition coefficient (Wildman–Crippen LogP) is 15.7. The third-order valence-electron chi connectivity index (χ3n) is 11.4. The summed E-state index contributed by atoms with van der Waals surface area (Å²) in [6.45, 7) is 24.7. The number of unbranched alkanes of at least 4 members (excludes halogenated alkanes) is 18. The zero-order valence-electron chi connectivity index (χ0n) is 38.3. The van der Waals surface area contributed by atoms with Crippen LogP contribution in [0.5, 0.6) is 0 Å². The molecule has 326 valence electrons. The summed E-state index contributed by atoms with van der Waals surface area (Å²) in [4.78, 5) is 33.5. The Balaban J connectivity index is 0.000000850. The second kappa shape index (κ2) is 33.8. The zero-order valence-corrected chi connectivity index (χ0v) is 38.3. The first-order valence-corrected chi connectivity index (χ1v) is 23.5. The summed E-state index contributed by atoms with van der Waals surface area (Å²) in [5.74, 6) is 1.49. The Hall–Kier alpha value is -2.17. The van der Waals surface area contributed by atoms with Crippen molar-refractivity contribution < 1.29 is 23.9 Å². The van der Waals surface area contributed by atoms with Gasteiger partial charge in [0, 0.05) is 18.1 Å². The summed E-state index contributed by atoms with van der Waals surface area (Å²) in [5.41, 5.74) is 0.180. The van der Waals surface area contributed by atoms with Gasteiger partial charge in [0.05, 0.1) is 0 Å². The number of hydrogen-bond donors (Lipinski definition) is 0. The van der Waals surface area contributed by atoms with E-state index in [-0.39, 0.29) is 29.2 Å². The topological polar surface area (TPSA) is 69.7 Å². The molecule has 0 spiro atoms. The minimum atomic E-state index is -0.422. The lowest BCUT2D eigenvalue weighted by Gasteiger charge is -2.35. The van der Waals surface area contributed by atoms with E-state index < -0.39 is 5.60 Å². The van der Waals surface area contributed by atoms with Crippen molar-refractivity contribution >= 4 is 17.7 Å². The molecule has 5 nitrogen and oxygen atoms in total. The minimum absolute atomic E-state index is 0.152. The van der Waals surface area contributed by atoms with Gasteiger partial charge in [-0.1, -0.05) is 195 Å². The van der Waals surface area contributed by atoms with Crippen LogP contribution in [0.15, 0.2) is 37.5 Å². The van der Waals surface area contributed by atoms with E-state index in [1.807, 2.05) is 13.8 Å². The fraction of sp³-hybridized carbons (Fsp3) is 0.824. The van der Waals surface area contributed by atoms with Crippen molar-refractivity contribution in [2.75, 3.05) is 0 Å². The number of hydrogen-bond acceptors (Lipinski definition) is 5. The van der Waals surface area contributed by atoms with Gasteiger partial charge in [-0.05, 0) is 82.6 Å². The Kier molecular flexibility index (Phi) is 32.5. The Bertz CT molecular complexity index is 1040. The molecule has 2 aliphatic rings. The van der Waals surface area contributed by atoms with Crippen molar-refractivity contribution in [3.63, 3.8) is 0 Å². The molecule has 0 atom stereocenters. The third-order valence-corrected chi connectivity index (χ3v) is 11.4. The van der Waals surface area contributed by atoms with E-state index in [9.17, 15) is 14.4 Å². The van der Waals surface area contributed by atoms with Gasteiger partial charge in [0.2, 0.25) is 0 Å². The summed E-state index contributed by atoms with van der Waals surface area (Å²) in [6.07, 6.45) is 42.6. The van der Waals surface area contributed by atoms with Crippen LogP contribution in [-0.4, -0.2) is 29.4 Å². The molecule has 0 aromatic heterocycles. The highest BCUT2D eigenvalue weighted by Crippen LogP contribution is 2.39. The van der Waals surface area contributed by atoms with Crippen LogP contribution in [0.25, 0.3) is 0 Å². The van der Waals surface area contributed by atoms with Crippen molar-refractivity contribution in [3.05, 3.63) is 37.5 Å². The molecule has 2 rings (SSSR count). The first kappa shape index (κ1) is 53.8. The predicted molar refractivity (Wildman–Crippen MR) is 241 cm³/mol. The van der Waals surface area contributed by atoms with Crippen LogP contribution in [-0.2, 0) is 23.9 Å². The standard InChI is InChI=1S/C24H46O.C15H24O2.C12H22O2/c1-3-5-6-7-8-9-10-11-12-13-14-15-16-17-18-19-20-21-22-23-24(25)4-2;1-2-15(16)17-14-10-8-13(9-11-14)12-6-4-3-5-7-12;1-9(2)10(13)14-12(6,7)8-11(3,4)5/h4H,2-3,5-23H2,1H3;2,12-14H,1,3-11H2;1,8H2,2-7H3. The van der Waals surface area contributed by atoms with Crippen LogP contribution in [0.4, 0.5) is 0 Å². The number of allylic oxidation sites excluding steroid dienone is 1. The van der Waals surface area contributed by atoms with Crippen LogP contribution >= 0.6 is 0 Å². The summed E-state index contributed by atoms with van der Waals surface area (Å²) in [7, 11) is 0. The molecule has 56 heavy (non-hydrogen) atoms. The van der Waals surface area contributed by atoms with Gasteiger partial charge in [-0.3, -0.25) is 4.79 Å². The molecule has 0 radical (unpaired) electrons. The summed E-state index contributed by atoms with van der Waals surface area (Å²) in [6, 6.07) is 0. The Morgan fingerprint density at radius 1 is 0.589 bits per heavy atom. The van der Waals surface area contributed by atoms with Crippen LogP contribution in [0.2, 0.25) is 0 Å². The molecule has 0 heterocycles. The van der Waals surface area contributed by atoms with Crippen molar-refractivity contribution in [2.45, 2.75) is 253 Å². The lowest BCUT2D eigenvalue weighted by molar-refractivity contribution is -0.153. The van der Waals surface area contributed by atoms with Crippen molar-refractivity contribution in [2.24, 2.45) is 17.3 Å². The zero-order chi connectivity index (χ0) is 42.1. The van der Waals surface area contributed by atoms with Crippen molar-refractivity contribution in [1.82, 2.24) is 0 Å². The molecule has 0 unspecified atom stereocenters. The number of carbonyl (C=O) groups is 3. The molecule has 2 saturated carbocycles. The number of ketones is 1. The smallest absolute Gasteiger partial charge is 0.333 e. The second-order valence-electron chi connectivity index (χ2n) is 19.0. The lowest BCUT2D eigenvalue weighted by atomic mass is 9.73. The molecule has 0 aromatic carbocycles. The van der Waals surface area contributed by atoms with Gasteiger partial charge >= 0.3 is 11.9 Å². The fourth-order valence-electron chi connectivity index (χ4n) is 8.63. The first-order chi connectivity index (χ1) is 26.6. The average molecular weight is 785 g/mol. The monoisotopic (exact) mass is 785 g/mol. The Labute approximate surface area is 348 Å². The number of rotatable bonds is 27. The minimum Gasteiger partial charge on any atom is -0.459 e. The van der Waals surface area contributed by atoms with Gasteiger partial charge in [0.15, 0.2) is 5.78 Å². The molecule has 0 amide bonds. The highest BCUT2D eigenvalue weighted by Gasteiger charge is 2.30. The molecule has 2 fully saturated rings. The quantitative estimate of drug-likeness (QED) is 0.0471. The highest BCUT2D eigenvalue weighted by molar-refractivity contribution is 5.89. The van der Waals surface area contributed by atoms with Gasteiger partial charge < -0.3 is 9.47 Å². The molecule has 0 saturated heterocycles. The summed E-state index contributed by atoms with van der Waals surface area (Å²) >= 11 is 0. The van der Waals surface area contributed by atoms with Crippen LogP contribution in [0, 0.1) is 17.3 Å². The van der Waals surface area contributed by atoms with E-state index in [0.29, 0.717) is 12.0 Å². The molecule has 0 aromatic rings. The second-order valence-corrected chi connectivity index (χ2v) is 19.0. The fourth-order valence-corrected chi connectivity index (χ4v) is 8.63. The van der Waals surface area contributed by atoms with Gasteiger partial charge in [-0.25, -0.2) is 9.59 Å². The number of ether oxygens (including phenoxy) is 2. The van der Waals surface area contributed by atoms with E-state index in [1.165, 1.54) is 173 Å². The SMILES string of the molecule is C=C(C)C(=O)OC(C)(C)CC(C)(C)C.C=CC(=O)CCCCCCCCCCCCCCCCCCCCC.C=CC(=O)OC1CCC(C2CCCCC2)CC1. The van der Waals surface area contributed by atoms with Crippen molar-refractivity contribution in [1.29, 1.82) is 0 Å². The first-order valence-electron chi connectivity index (χ1n) is 23.5. The molecule has 2 aliphatic carbocycles. The van der Waals surface area contributed by atoms with E-state index in [0.717, 1.165) is 37.5 Å². The average Bonchev–Trinajstić information content (AvgIpc) is 3.15. The summed E-state index contributed by atoms with van der Waals surface area (Å²) < 4.78 is 10.7. The van der Waals surface area contributed by atoms with Gasteiger partial charge in [0.25, 0.3) is 0 Å². The van der Waals surface area contributed by atoms with Gasteiger partial charge in [-0.15, -0.1) is 0 Å². The van der Waals surface area contributed by atoms with Crippen LogP contribution in [0.3, 0.4) is 0 Å². The van der Waals surface area contributed by atoms with Gasteiger partial charge in [-0.2, -0.15) is 0 Å². The molecule has 0 N–H and O–H groups in total. The maximum Gasteiger partial charge on any atom is 0.333 e. The van der Waals surface area contributed by atoms with E-state index in [1.54, 1.807) is 6.92 Å². The maximum atomic E-state index is 11.3. The van der Waals surface area contributed by atoms with E-state index >= 15 is 0 Å². The molecule has 5 heteroatoms. The lowest BCUT2D eigenvalue weighted by Crippen LogP contribution is -2.32. The Morgan fingerprint density at radius 2 is 1.00 bits per heavy atom. The van der Waals surface area contributed by atoms with E-state index in [2.05, 4.69) is 47.4 Å². The number of carbonyl (C=O) groups excluding carboxylic acids is 3. The van der Waals surface area contributed by atoms with Crippen molar-refractivity contribution in [3.8, 4) is 0 Å². The van der Waals surface area contributed by atoms with Gasteiger partial charge in [0.1, 0.15) is 11.7 Å². The maximum absolute atomic E-state index is 11.3. The highest BCUT2D eigenvalue weighted by atomic mass is 16.6. The number of esters is 2.